The van der Waals surface area contributed by atoms with E-state index in [0.717, 1.165) is 43.8 Å². The topological polar surface area (TPSA) is 53.1 Å². The first kappa shape index (κ1) is 16.5. The van der Waals surface area contributed by atoms with Gasteiger partial charge in [0.15, 0.2) is 0 Å². The molecule has 1 heterocycles. The standard InChI is InChI=1S/C17H31N3O/c1-5-14-11-15(20(6-2)19-14)12-16(18)17(21-4)9-7-13(3)8-10-17/h11,13,16H,5-10,12,18H2,1-4H3. The van der Waals surface area contributed by atoms with Crippen LogP contribution in [0.1, 0.15) is 57.8 Å². The molecule has 1 aromatic rings. The van der Waals surface area contributed by atoms with Crippen LogP contribution in [0.4, 0.5) is 0 Å². The van der Waals surface area contributed by atoms with Gasteiger partial charge in [0.05, 0.1) is 11.3 Å². The highest BCUT2D eigenvalue weighted by molar-refractivity contribution is 5.13. The van der Waals surface area contributed by atoms with Crippen LogP contribution in [0.25, 0.3) is 0 Å². The van der Waals surface area contributed by atoms with Crippen molar-refractivity contribution < 1.29 is 4.74 Å². The number of rotatable bonds is 6. The van der Waals surface area contributed by atoms with Crippen LogP contribution in [0.5, 0.6) is 0 Å². The first-order chi connectivity index (χ1) is 10.0. The van der Waals surface area contributed by atoms with Gasteiger partial charge in [-0.1, -0.05) is 13.8 Å². The molecule has 1 atom stereocenters. The molecule has 1 unspecified atom stereocenters. The van der Waals surface area contributed by atoms with Gasteiger partial charge in [-0.2, -0.15) is 5.10 Å². The predicted molar refractivity (Wildman–Crippen MR) is 86.3 cm³/mol. The highest BCUT2D eigenvalue weighted by Gasteiger charge is 2.40. The molecule has 1 saturated carbocycles. The van der Waals surface area contributed by atoms with Crippen LogP contribution in [0.3, 0.4) is 0 Å². The summed E-state index contributed by atoms with van der Waals surface area (Å²) in [6, 6.07) is 2.25. The third kappa shape index (κ3) is 3.49. The fourth-order valence-corrected chi connectivity index (χ4v) is 3.51. The van der Waals surface area contributed by atoms with E-state index in [4.69, 9.17) is 10.5 Å². The Morgan fingerprint density at radius 2 is 2.10 bits per heavy atom. The quantitative estimate of drug-likeness (QED) is 0.877. The minimum atomic E-state index is -0.151. The van der Waals surface area contributed by atoms with Gasteiger partial charge in [0, 0.05) is 31.8 Å². The summed E-state index contributed by atoms with van der Waals surface area (Å²) in [6.07, 6.45) is 6.41. The molecule has 0 bridgehead atoms. The lowest BCUT2D eigenvalue weighted by Crippen LogP contribution is -2.52. The van der Waals surface area contributed by atoms with E-state index in [0.29, 0.717) is 0 Å². The maximum atomic E-state index is 6.58. The maximum absolute atomic E-state index is 6.58. The molecule has 0 spiro atoms. The molecule has 120 valence electrons. The molecule has 0 aliphatic heterocycles. The minimum absolute atomic E-state index is 0.0432. The lowest BCUT2D eigenvalue weighted by atomic mass is 9.74. The molecule has 2 rings (SSSR count). The van der Waals surface area contributed by atoms with Crippen LogP contribution in [0.15, 0.2) is 6.07 Å². The van der Waals surface area contributed by atoms with Crippen molar-refractivity contribution >= 4 is 0 Å². The summed E-state index contributed by atoms with van der Waals surface area (Å²) in [6.45, 7) is 7.50. The van der Waals surface area contributed by atoms with Gasteiger partial charge in [-0.25, -0.2) is 0 Å². The number of nitrogens with two attached hydrogens (primary N) is 1. The summed E-state index contributed by atoms with van der Waals surface area (Å²) in [5, 5.41) is 4.63. The van der Waals surface area contributed by atoms with E-state index in [2.05, 4.69) is 36.6 Å². The minimum Gasteiger partial charge on any atom is -0.377 e. The van der Waals surface area contributed by atoms with Crippen molar-refractivity contribution in [3.63, 3.8) is 0 Å². The van der Waals surface area contributed by atoms with Crippen molar-refractivity contribution in [2.75, 3.05) is 7.11 Å². The molecule has 21 heavy (non-hydrogen) atoms. The van der Waals surface area contributed by atoms with E-state index in [9.17, 15) is 0 Å². The fraction of sp³-hybridized carbons (Fsp3) is 0.824. The number of nitrogens with zero attached hydrogens (tertiary/aromatic N) is 2. The Labute approximate surface area is 129 Å². The molecule has 4 heteroatoms. The summed E-state index contributed by atoms with van der Waals surface area (Å²) >= 11 is 0. The number of ether oxygens (including phenoxy) is 1. The second kappa shape index (κ2) is 6.93. The molecule has 0 radical (unpaired) electrons. The lowest BCUT2D eigenvalue weighted by Gasteiger charge is -2.42. The Balaban J connectivity index is 2.12. The molecule has 0 aromatic carbocycles. The van der Waals surface area contributed by atoms with Crippen LogP contribution in [0, 0.1) is 5.92 Å². The maximum Gasteiger partial charge on any atom is 0.0832 e. The van der Waals surface area contributed by atoms with E-state index in [1.165, 1.54) is 18.5 Å². The number of aromatic nitrogens is 2. The molecular weight excluding hydrogens is 262 g/mol. The molecule has 1 aliphatic carbocycles. The van der Waals surface area contributed by atoms with Crippen molar-refractivity contribution in [3.8, 4) is 0 Å². The average molecular weight is 293 g/mol. The molecule has 2 N–H and O–H groups in total. The van der Waals surface area contributed by atoms with Crippen molar-refractivity contribution in [3.05, 3.63) is 17.5 Å². The summed E-state index contributed by atoms with van der Waals surface area (Å²) < 4.78 is 8.00. The highest BCUT2D eigenvalue weighted by atomic mass is 16.5. The van der Waals surface area contributed by atoms with Gasteiger partial charge in [-0.05, 0) is 51.0 Å². The molecule has 4 nitrogen and oxygen atoms in total. The third-order valence-corrected chi connectivity index (χ3v) is 5.21. The number of aryl methyl sites for hydroxylation is 2. The Kier molecular flexibility index (Phi) is 5.44. The second-order valence-corrected chi connectivity index (χ2v) is 6.56. The van der Waals surface area contributed by atoms with Crippen LogP contribution >= 0.6 is 0 Å². The van der Waals surface area contributed by atoms with Crippen molar-refractivity contribution in [2.24, 2.45) is 11.7 Å². The average Bonchev–Trinajstić information content (AvgIpc) is 2.90. The van der Waals surface area contributed by atoms with E-state index in [1.54, 1.807) is 0 Å². The van der Waals surface area contributed by atoms with Gasteiger partial charge in [0.2, 0.25) is 0 Å². The zero-order valence-corrected chi connectivity index (χ0v) is 14.1. The Morgan fingerprint density at radius 3 is 2.62 bits per heavy atom. The molecule has 0 amide bonds. The SMILES string of the molecule is CCc1cc(CC(N)C2(OC)CCC(C)CC2)n(CC)n1. The largest absolute Gasteiger partial charge is 0.377 e. The van der Waals surface area contributed by atoms with Gasteiger partial charge in [0.1, 0.15) is 0 Å². The second-order valence-electron chi connectivity index (χ2n) is 6.56. The van der Waals surface area contributed by atoms with Gasteiger partial charge >= 0.3 is 0 Å². The van der Waals surface area contributed by atoms with E-state index >= 15 is 0 Å². The van der Waals surface area contributed by atoms with E-state index in [1.807, 2.05) is 7.11 Å². The number of hydrogen-bond acceptors (Lipinski definition) is 3. The predicted octanol–water partition coefficient (Wildman–Crippen LogP) is 2.93. The molecule has 1 aliphatic rings. The fourth-order valence-electron chi connectivity index (χ4n) is 3.51. The molecule has 0 saturated heterocycles. The summed E-state index contributed by atoms with van der Waals surface area (Å²) in [5.41, 5.74) is 8.83. The number of methoxy groups -OCH3 is 1. The van der Waals surface area contributed by atoms with Gasteiger partial charge in [0.25, 0.3) is 0 Å². The van der Waals surface area contributed by atoms with Crippen molar-refractivity contribution in [2.45, 2.75) is 77.5 Å². The molecule has 1 fully saturated rings. The Hall–Kier alpha value is -0.870. The first-order valence-corrected chi connectivity index (χ1v) is 8.41. The first-order valence-electron chi connectivity index (χ1n) is 8.41. The Morgan fingerprint density at radius 1 is 1.43 bits per heavy atom. The highest BCUT2D eigenvalue weighted by Crippen LogP contribution is 2.37. The zero-order valence-electron chi connectivity index (χ0n) is 14.1. The normalized spacial score (nSPS) is 27.8. The van der Waals surface area contributed by atoms with Crippen LogP contribution in [-0.2, 0) is 24.1 Å². The van der Waals surface area contributed by atoms with Gasteiger partial charge in [-0.3, -0.25) is 4.68 Å². The summed E-state index contributed by atoms with van der Waals surface area (Å²) in [5.74, 6) is 0.799. The lowest BCUT2D eigenvalue weighted by molar-refractivity contribution is -0.0662. The summed E-state index contributed by atoms with van der Waals surface area (Å²) in [7, 11) is 1.82. The van der Waals surface area contributed by atoms with E-state index < -0.39 is 0 Å². The van der Waals surface area contributed by atoms with Crippen LogP contribution in [0.2, 0.25) is 0 Å². The smallest absolute Gasteiger partial charge is 0.0832 e. The van der Waals surface area contributed by atoms with Crippen molar-refractivity contribution in [1.29, 1.82) is 0 Å². The molecular formula is C17H31N3O. The third-order valence-electron chi connectivity index (χ3n) is 5.21. The van der Waals surface area contributed by atoms with Crippen LogP contribution < -0.4 is 5.73 Å². The van der Waals surface area contributed by atoms with Gasteiger partial charge < -0.3 is 10.5 Å². The summed E-state index contributed by atoms with van der Waals surface area (Å²) in [4.78, 5) is 0. The Bertz CT molecular complexity index is 447. The van der Waals surface area contributed by atoms with Gasteiger partial charge in [-0.15, -0.1) is 0 Å². The monoisotopic (exact) mass is 293 g/mol. The number of hydrogen-bond donors (Lipinski definition) is 1. The van der Waals surface area contributed by atoms with Crippen molar-refractivity contribution in [1.82, 2.24) is 9.78 Å². The van der Waals surface area contributed by atoms with Crippen LogP contribution in [-0.4, -0.2) is 28.5 Å². The molecule has 1 aromatic heterocycles. The van der Waals surface area contributed by atoms with E-state index in [-0.39, 0.29) is 11.6 Å². The zero-order chi connectivity index (χ0) is 15.5.